The standard InChI is InChI=1S/C17H25N3O/c1-3-18-4-2-14(1)15-19-16(21-20-15)17-8-11-5-12(9-17)7-13(6-11)10-17/h11-14,18H,1-10H2. The molecule has 0 unspecified atom stereocenters. The van der Waals surface area contributed by atoms with E-state index in [-0.39, 0.29) is 5.41 Å². The molecule has 5 fully saturated rings. The first kappa shape index (κ1) is 12.6. The lowest BCUT2D eigenvalue weighted by atomic mass is 9.49. The average Bonchev–Trinajstić information content (AvgIpc) is 2.97. The van der Waals surface area contributed by atoms with Crippen LogP contribution in [0.3, 0.4) is 0 Å². The van der Waals surface area contributed by atoms with Crippen LogP contribution in [0.25, 0.3) is 0 Å². The second-order valence-electron chi connectivity index (χ2n) is 8.18. The largest absolute Gasteiger partial charge is 0.339 e. The lowest BCUT2D eigenvalue weighted by molar-refractivity contribution is -0.0201. The topological polar surface area (TPSA) is 51.0 Å². The number of rotatable bonds is 2. The molecule has 0 radical (unpaired) electrons. The lowest BCUT2D eigenvalue weighted by Crippen LogP contribution is -2.48. The average molecular weight is 287 g/mol. The van der Waals surface area contributed by atoms with Gasteiger partial charge in [-0.2, -0.15) is 4.98 Å². The third-order valence-electron chi connectivity index (χ3n) is 6.64. The van der Waals surface area contributed by atoms with E-state index in [0.29, 0.717) is 5.92 Å². The summed E-state index contributed by atoms with van der Waals surface area (Å²) >= 11 is 0. The van der Waals surface area contributed by atoms with Crippen LogP contribution in [-0.2, 0) is 5.41 Å². The van der Waals surface area contributed by atoms with E-state index in [4.69, 9.17) is 9.51 Å². The number of aromatic nitrogens is 2. The van der Waals surface area contributed by atoms with Crippen LogP contribution < -0.4 is 5.32 Å². The smallest absolute Gasteiger partial charge is 0.232 e. The second kappa shape index (κ2) is 4.55. The SMILES string of the molecule is C1CC(c2noc(C34CC5CC(CC(C5)C3)C4)n2)CCN1. The van der Waals surface area contributed by atoms with E-state index in [2.05, 4.69) is 10.5 Å². The van der Waals surface area contributed by atoms with Crippen LogP contribution in [0.2, 0.25) is 0 Å². The second-order valence-corrected chi connectivity index (χ2v) is 8.18. The predicted molar refractivity (Wildman–Crippen MR) is 79.0 cm³/mol. The predicted octanol–water partition coefficient (Wildman–Crippen LogP) is 3.00. The van der Waals surface area contributed by atoms with E-state index in [1.165, 1.54) is 38.5 Å². The summed E-state index contributed by atoms with van der Waals surface area (Å²) in [5.41, 5.74) is 0.257. The molecule has 5 aliphatic rings. The van der Waals surface area contributed by atoms with E-state index in [1.54, 1.807) is 0 Å². The van der Waals surface area contributed by atoms with Crippen molar-refractivity contribution >= 4 is 0 Å². The molecule has 114 valence electrons. The van der Waals surface area contributed by atoms with Gasteiger partial charge in [0.15, 0.2) is 5.82 Å². The van der Waals surface area contributed by atoms with Gasteiger partial charge in [-0.05, 0) is 82.2 Å². The molecule has 1 aliphatic heterocycles. The Morgan fingerprint density at radius 2 is 1.57 bits per heavy atom. The molecule has 1 saturated heterocycles. The first-order valence-electron chi connectivity index (χ1n) is 8.85. The molecule has 0 aromatic carbocycles. The highest BCUT2D eigenvalue weighted by Crippen LogP contribution is 2.60. The summed E-state index contributed by atoms with van der Waals surface area (Å²) in [5, 5.41) is 7.80. The Kier molecular flexibility index (Phi) is 2.73. The molecule has 4 nitrogen and oxygen atoms in total. The molecule has 4 bridgehead atoms. The summed E-state index contributed by atoms with van der Waals surface area (Å²) in [5.74, 6) is 5.30. The van der Waals surface area contributed by atoms with Gasteiger partial charge >= 0.3 is 0 Å². The van der Waals surface area contributed by atoms with Crippen LogP contribution in [-0.4, -0.2) is 23.2 Å². The Morgan fingerprint density at radius 3 is 2.19 bits per heavy atom. The Morgan fingerprint density at radius 1 is 0.952 bits per heavy atom. The summed E-state index contributed by atoms with van der Waals surface area (Å²) in [6.07, 6.45) is 10.6. The minimum atomic E-state index is 0.257. The summed E-state index contributed by atoms with van der Waals surface area (Å²) in [7, 11) is 0. The van der Waals surface area contributed by atoms with Gasteiger partial charge in [0, 0.05) is 5.92 Å². The molecular formula is C17H25N3O. The molecule has 1 N–H and O–H groups in total. The minimum Gasteiger partial charge on any atom is -0.339 e. The molecule has 4 heteroatoms. The number of piperidine rings is 1. The zero-order valence-electron chi connectivity index (χ0n) is 12.7. The molecule has 1 aromatic heterocycles. The fraction of sp³-hybridized carbons (Fsp3) is 0.882. The zero-order valence-corrected chi connectivity index (χ0v) is 12.7. The first-order chi connectivity index (χ1) is 10.3. The van der Waals surface area contributed by atoms with Crippen molar-refractivity contribution in [1.29, 1.82) is 0 Å². The molecule has 4 aliphatic carbocycles. The van der Waals surface area contributed by atoms with Crippen molar-refractivity contribution in [2.24, 2.45) is 17.8 Å². The lowest BCUT2D eigenvalue weighted by Gasteiger charge is -2.55. The van der Waals surface area contributed by atoms with Gasteiger partial charge in [-0.3, -0.25) is 0 Å². The van der Waals surface area contributed by atoms with E-state index in [9.17, 15) is 0 Å². The van der Waals surface area contributed by atoms with Crippen LogP contribution in [0.4, 0.5) is 0 Å². The molecule has 1 aromatic rings. The highest BCUT2D eigenvalue weighted by Gasteiger charge is 2.54. The molecule has 6 rings (SSSR count). The Hall–Kier alpha value is -0.900. The van der Waals surface area contributed by atoms with Crippen LogP contribution in [0.1, 0.15) is 69.0 Å². The maximum atomic E-state index is 5.82. The summed E-state index contributed by atoms with van der Waals surface area (Å²) in [6, 6.07) is 0. The summed E-state index contributed by atoms with van der Waals surface area (Å²) < 4.78 is 5.82. The van der Waals surface area contributed by atoms with Crippen molar-refractivity contribution in [2.45, 2.75) is 62.7 Å². The molecule has 21 heavy (non-hydrogen) atoms. The Labute approximate surface area is 126 Å². The minimum absolute atomic E-state index is 0.257. The number of hydrogen-bond donors (Lipinski definition) is 1. The molecule has 2 heterocycles. The fourth-order valence-corrected chi connectivity index (χ4v) is 6.07. The van der Waals surface area contributed by atoms with Gasteiger partial charge in [-0.1, -0.05) is 5.16 Å². The highest BCUT2D eigenvalue weighted by molar-refractivity contribution is 5.16. The Bertz CT molecular complexity index is 497. The molecule has 4 saturated carbocycles. The molecule has 0 atom stereocenters. The summed E-state index contributed by atoms with van der Waals surface area (Å²) in [4.78, 5) is 4.92. The van der Waals surface area contributed by atoms with E-state index in [1.807, 2.05) is 0 Å². The monoisotopic (exact) mass is 287 g/mol. The van der Waals surface area contributed by atoms with Crippen molar-refractivity contribution in [1.82, 2.24) is 15.5 Å². The van der Waals surface area contributed by atoms with Crippen LogP contribution in [0.5, 0.6) is 0 Å². The number of nitrogens with one attached hydrogen (secondary N) is 1. The van der Waals surface area contributed by atoms with Crippen molar-refractivity contribution in [2.75, 3.05) is 13.1 Å². The van der Waals surface area contributed by atoms with Gasteiger partial charge in [-0.25, -0.2) is 0 Å². The van der Waals surface area contributed by atoms with Gasteiger partial charge in [0.05, 0.1) is 5.41 Å². The molecule has 0 spiro atoms. The Balaban J connectivity index is 1.44. The zero-order chi connectivity index (χ0) is 13.9. The van der Waals surface area contributed by atoms with Crippen LogP contribution in [0, 0.1) is 17.8 Å². The van der Waals surface area contributed by atoms with E-state index in [0.717, 1.165) is 55.4 Å². The number of hydrogen-bond acceptors (Lipinski definition) is 4. The van der Waals surface area contributed by atoms with Gasteiger partial charge in [0.1, 0.15) is 0 Å². The maximum Gasteiger partial charge on any atom is 0.232 e. The molecule has 0 amide bonds. The highest BCUT2D eigenvalue weighted by atomic mass is 16.5. The maximum absolute atomic E-state index is 5.82. The third-order valence-corrected chi connectivity index (χ3v) is 6.64. The first-order valence-corrected chi connectivity index (χ1v) is 8.85. The van der Waals surface area contributed by atoms with E-state index >= 15 is 0 Å². The van der Waals surface area contributed by atoms with Gasteiger partial charge in [0.25, 0.3) is 0 Å². The van der Waals surface area contributed by atoms with Crippen molar-refractivity contribution in [3.05, 3.63) is 11.7 Å². The van der Waals surface area contributed by atoms with Crippen LogP contribution in [0.15, 0.2) is 4.52 Å². The molecular weight excluding hydrogens is 262 g/mol. The van der Waals surface area contributed by atoms with Gasteiger partial charge in [0.2, 0.25) is 5.89 Å². The third kappa shape index (κ3) is 1.98. The summed E-state index contributed by atoms with van der Waals surface area (Å²) in [6.45, 7) is 2.18. The fourth-order valence-electron chi connectivity index (χ4n) is 6.07. The quantitative estimate of drug-likeness (QED) is 0.908. The van der Waals surface area contributed by atoms with Crippen molar-refractivity contribution in [3.63, 3.8) is 0 Å². The van der Waals surface area contributed by atoms with Crippen molar-refractivity contribution < 1.29 is 4.52 Å². The van der Waals surface area contributed by atoms with Crippen molar-refractivity contribution in [3.8, 4) is 0 Å². The van der Waals surface area contributed by atoms with Gasteiger partial charge < -0.3 is 9.84 Å². The van der Waals surface area contributed by atoms with Crippen LogP contribution >= 0.6 is 0 Å². The number of nitrogens with zero attached hydrogens (tertiary/aromatic N) is 2. The van der Waals surface area contributed by atoms with E-state index < -0.39 is 0 Å². The normalized spacial score (nSPS) is 42.6. The van der Waals surface area contributed by atoms with Gasteiger partial charge in [-0.15, -0.1) is 0 Å².